The van der Waals surface area contributed by atoms with Crippen LogP contribution in [0.5, 0.6) is 0 Å². The van der Waals surface area contributed by atoms with E-state index in [9.17, 15) is 17.6 Å². The summed E-state index contributed by atoms with van der Waals surface area (Å²) >= 11 is 0. The summed E-state index contributed by atoms with van der Waals surface area (Å²) in [7, 11) is -3.66. The van der Waals surface area contributed by atoms with Crippen molar-refractivity contribution in [2.24, 2.45) is 0 Å². The number of halogens is 1. The number of aromatic nitrogens is 2. The number of hydrogen-bond donors (Lipinski definition) is 3. The van der Waals surface area contributed by atoms with E-state index in [-0.39, 0.29) is 11.4 Å². The zero-order valence-corrected chi connectivity index (χ0v) is 13.0. The van der Waals surface area contributed by atoms with Gasteiger partial charge in [0.25, 0.3) is 0 Å². The topological polar surface area (TPSA) is 94.8 Å². The van der Waals surface area contributed by atoms with E-state index in [1.807, 2.05) is 0 Å². The third-order valence-electron chi connectivity index (χ3n) is 3.40. The van der Waals surface area contributed by atoms with Gasteiger partial charge in [-0.1, -0.05) is 12.1 Å². The Labute approximate surface area is 131 Å². The van der Waals surface area contributed by atoms with Gasteiger partial charge in [0.05, 0.1) is 22.5 Å². The van der Waals surface area contributed by atoms with Gasteiger partial charge in [-0.3, -0.25) is 4.72 Å². The summed E-state index contributed by atoms with van der Waals surface area (Å²) in [5.41, 5.74) is 2.30. The first-order valence-corrected chi connectivity index (χ1v) is 8.45. The summed E-state index contributed by atoms with van der Waals surface area (Å²) in [5.74, 6) is -0.689. The molecule has 0 fully saturated rings. The number of H-pyrrole nitrogens is 2. The first-order valence-electron chi connectivity index (χ1n) is 6.80. The maximum absolute atomic E-state index is 12.9. The van der Waals surface area contributed by atoms with E-state index in [2.05, 4.69) is 14.7 Å². The second-order valence-electron chi connectivity index (χ2n) is 5.28. The molecule has 0 aliphatic rings. The van der Waals surface area contributed by atoms with Crippen LogP contribution in [0.3, 0.4) is 0 Å². The van der Waals surface area contributed by atoms with E-state index >= 15 is 0 Å². The molecule has 1 heterocycles. The molecule has 0 saturated heterocycles. The Morgan fingerprint density at radius 1 is 1.09 bits per heavy atom. The van der Waals surface area contributed by atoms with Crippen molar-refractivity contribution >= 4 is 26.7 Å². The van der Waals surface area contributed by atoms with Crippen molar-refractivity contribution in [1.82, 2.24) is 9.97 Å². The van der Waals surface area contributed by atoms with Crippen LogP contribution < -0.4 is 10.4 Å². The number of hydrogen-bond acceptors (Lipinski definition) is 3. The van der Waals surface area contributed by atoms with E-state index in [1.165, 1.54) is 24.3 Å². The van der Waals surface area contributed by atoms with Gasteiger partial charge in [-0.15, -0.1) is 0 Å². The SMILES string of the molecule is Cc1cc2[nH]c(=O)[nH]c2cc1NS(=O)(=O)Cc1ccc(F)cc1. The molecule has 120 valence electrons. The number of imidazole rings is 1. The lowest BCUT2D eigenvalue weighted by atomic mass is 10.2. The molecule has 0 saturated carbocycles. The minimum atomic E-state index is -3.66. The molecule has 2 aromatic carbocycles. The van der Waals surface area contributed by atoms with Crippen molar-refractivity contribution < 1.29 is 12.8 Å². The van der Waals surface area contributed by atoms with Crippen molar-refractivity contribution in [2.45, 2.75) is 12.7 Å². The molecule has 0 bridgehead atoms. The molecule has 23 heavy (non-hydrogen) atoms. The fourth-order valence-electron chi connectivity index (χ4n) is 2.30. The molecule has 0 atom stereocenters. The lowest BCUT2D eigenvalue weighted by Gasteiger charge is -2.11. The van der Waals surface area contributed by atoms with Gasteiger partial charge in [-0.25, -0.2) is 17.6 Å². The Morgan fingerprint density at radius 3 is 2.35 bits per heavy atom. The van der Waals surface area contributed by atoms with Crippen LogP contribution >= 0.6 is 0 Å². The molecule has 3 aromatic rings. The van der Waals surface area contributed by atoms with Gasteiger partial charge in [0.1, 0.15) is 5.82 Å². The van der Waals surface area contributed by atoms with Gasteiger partial charge in [-0.05, 0) is 42.3 Å². The van der Waals surface area contributed by atoms with Crippen molar-refractivity contribution in [3.05, 3.63) is 63.8 Å². The van der Waals surface area contributed by atoms with Gasteiger partial charge in [0.15, 0.2) is 0 Å². The highest BCUT2D eigenvalue weighted by molar-refractivity contribution is 7.91. The Bertz CT molecular complexity index is 1020. The predicted octanol–water partition coefficient (Wildman–Crippen LogP) is 2.25. The number of anilines is 1. The predicted molar refractivity (Wildman–Crippen MR) is 86.3 cm³/mol. The van der Waals surface area contributed by atoms with Gasteiger partial charge < -0.3 is 9.97 Å². The molecule has 3 rings (SSSR count). The maximum Gasteiger partial charge on any atom is 0.323 e. The Hall–Kier alpha value is -2.61. The fraction of sp³-hybridized carbons (Fsp3) is 0.133. The van der Waals surface area contributed by atoms with E-state index in [1.54, 1.807) is 19.1 Å². The number of aromatic amines is 2. The van der Waals surface area contributed by atoms with Crippen molar-refractivity contribution in [2.75, 3.05) is 4.72 Å². The molecule has 8 heteroatoms. The normalized spacial score (nSPS) is 11.7. The number of benzene rings is 2. The van der Waals surface area contributed by atoms with Crippen molar-refractivity contribution in [3.63, 3.8) is 0 Å². The quantitative estimate of drug-likeness (QED) is 0.682. The molecule has 0 spiro atoms. The molecule has 0 aliphatic heterocycles. The highest BCUT2D eigenvalue weighted by Gasteiger charge is 2.14. The lowest BCUT2D eigenvalue weighted by Crippen LogP contribution is -2.15. The smallest absolute Gasteiger partial charge is 0.306 e. The zero-order chi connectivity index (χ0) is 16.6. The molecule has 1 aromatic heterocycles. The average molecular weight is 335 g/mol. The van der Waals surface area contributed by atoms with E-state index in [0.29, 0.717) is 27.8 Å². The number of sulfonamides is 1. The molecule has 3 N–H and O–H groups in total. The Morgan fingerprint density at radius 2 is 1.70 bits per heavy atom. The summed E-state index contributed by atoms with van der Waals surface area (Å²) in [6.45, 7) is 1.74. The first kappa shape index (κ1) is 15.3. The lowest BCUT2D eigenvalue weighted by molar-refractivity contribution is 0.600. The molecule has 0 unspecified atom stereocenters. The van der Waals surface area contributed by atoms with E-state index < -0.39 is 15.8 Å². The van der Waals surface area contributed by atoms with E-state index in [4.69, 9.17) is 0 Å². The van der Waals surface area contributed by atoms with Gasteiger partial charge >= 0.3 is 5.69 Å². The van der Waals surface area contributed by atoms with E-state index in [0.717, 1.165) is 0 Å². The summed E-state index contributed by atoms with van der Waals surface area (Å²) in [5, 5.41) is 0. The van der Waals surface area contributed by atoms with Crippen LogP contribution in [0.4, 0.5) is 10.1 Å². The van der Waals surface area contributed by atoms with Crippen LogP contribution in [-0.4, -0.2) is 18.4 Å². The Balaban J connectivity index is 1.89. The van der Waals surface area contributed by atoms with Crippen LogP contribution in [0.1, 0.15) is 11.1 Å². The number of rotatable bonds is 4. The monoisotopic (exact) mass is 335 g/mol. The van der Waals surface area contributed by atoms with Gasteiger partial charge in [0, 0.05) is 0 Å². The fourth-order valence-corrected chi connectivity index (χ4v) is 3.56. The molecule has 0 radical (unpaired) electrons. The molecular formula is C15H14FN3O3S. The highest BCUT2D eigenvalue weighted by atomic mass is 32.2. The number of fused-ring (bicyclic) bond motifs is 1. The van der Waals surface area contributed by atoms with Crippen LogP contribution in [0.15, 0.2) is 41.2 Å². The second kappa shape index (κ2) is 5.54. The standard InChI is InChI=1S/C15H14FN3O3S/c1-9-6-13-14(18-15(20)17-13)7-12(9)19-23(21,22)8-10-2-4-11(16)5-3-10/h2-7,19H,8H2,1H3,(H2,17,18,20). The minimum absolute atomic E-state index is 0.269. The minimum Gasteiger partial charge on any atom is -0.306 e. The van der Waals surface area contributed by atoms with Crippen LogP contribution in [0.25, 0.3) is 11.0 Å². The molecular weight excluding hydrogens is 321 g/mol. The maximum atomic E-state index is 12.9. The highest BCUT2D eigenvalue weighted by Crippen LogP contribution is 2.22. The van der Waals surface area contributed by atoms with Crippen LogP contribution in [0, 0.1) is 12.7 Å². The largest absolute Gasteiger partial charge is 0.323 e. The van der Waals surface area contributed by atoms with Gasteiger partial charge in [0.2, 0.25) is 10.0 Å². The van der Waals surface area contributed by atoms with Crippen LogP contribution in [0.2, 0.25) is 0 Å². The van der Waals surface area contributed by atoms with Crippen molar-refractivity contribution in [3.8, 4) is 0 Å². The van der Waals surface area contributed by atoms with Gasteiger partial charge in [-0.2, -0.15) is 0 Å². The second-order valence-corrected chi connectivity index (χ2v) is 7.00. The third kappa shape index (κ3) is 3.42. The molecule has 0 aliphatic carbocycles. The number of nitrogens with one attached hydrogen (secondary N) is 3. The average Bonchev–Trinajstić information content (AvgIpc) is 2.80. The number of aryl methyl sites for hydroxylation is 1. The van der Waals surface area contributed by atoms with Crippen molar-refractivity contribution in [1.29, 1.82) is 0 Å². The summed E-state index contributed by atoms with van der Waals surface area (Å²) in [6, 6.07) is 8.52. The summed E-state index contributed by atoms with van der Waals surface area (Å²) in [6.07, 6.45) is 0. The molecule has 6 nitrogen and oxygen atoms in total. The summed E-state index contributed by atoms with van der Waals surface area (Å²) < 4.78 is 39.9. The summed E-state index contributed by atoms with van der Waals surface area (Å²) in [4.78, 5) is 16.5. The van der Waals surface area contributed by atoms with Crippen LogP contribution in [-0.2, 0) is 15.8 Å². The first-order chi connectivity index (χ1) is 10.8. The third-order valence-corrected chi connectivity index (χ3v) is 4.64. The zero-order valence-electron chi connectivity index (χ0n) is 12.2. The Kier molecular flexibility index (Phi) is 3.69. The molecule has 0 amide bonds.